The SMILES string of the molecule is Brc1c(C2CC2)ncnc1C1CC1. The van der Waals surface area contributed by atoms with E-state index in [4.69, 9.17) is 0 Å². The number of halogens is 1. The van der Waals surface area contributed by atoms with Gasteiger partial charge in [0.2, 0.25) is 0 Å². The van der Waals surface area contributed by atoms with Gasteiger partial charge in [0.25, 0.3) is 0 Å². The lowest BCUT2D eigenvalue weighted by molar-refractivity contribution is 0.905. The molecule has 0 aliphatic heterocycles. The van der Waals surface area contributed by atoms with Crippen LogP contribution < -0.4 is 0 Å². The Morgan fingerprint density at radius 2 is 1.46 bits per heavy atom. The van der Waals surface area contributed by atoms with Gasteiger partial charge in [0.1, 0.15) is 6.33 Å². The van der Waals surface area contributed by atoms with Crippen LogP contribution in [0, 0.1) is 0 Å². The molecule has 3 heteroatoms. The second kappa shape index (κ2) is 2.77. The Bertz CT molecular complexity index is 313. The Hall–Kier alpha value is -0.440. The topological polar surface area (TPSA) is 25.8 Å². The predicted octanol–water partition coefficient (Wildman–Crippen LogP) is 2.99. The van der Waals surface area contributed by atoms with Crippen LogP contribution in [0.3, 0.4) is 0 Å². The van der Waals surface area contributed by atoms with E-state index in [9.17, 15) is 0 Å². The van der Waals surface area contributed by atoms with Crippen molar-refractivity contribution in [2.24, 2.45) is 0 Å². The van der Waals surface area contributed by atoms with Crippen molar-refractivity contribution in [1.29, 1.82) is 0 Å². The molecule has 2 saturated carbocycles. The molecule has 3 rings (SSSR count). The van der Waals surface area contributed by atoms with Crippen molar-refractivity contribution in [2.45, 2.75) is 37.5 Å². The van der Waals surface area contributed by atoms with E-state index in [1.54, 1.807) is 6.33 Å². The average molecular weight is 239 g/mol. The molecule has 0 radical (unpaired) electrons. The first-order chi connectivity index (χ1) is 6.36. The molecule has 1 aromatic rings. The molecule has 1 heterocycles. The zero-order valence-electron chi connectivity index (χ0n) is 7.33. The highest BCUT2D eigenvalue weighted by molar-refractivity contribution is 9.10. The van der Waals surface area contributed by atoms with Gasteiger partial charge in [-0.25, -0.2) is 9.97 Å². The molecule has 68 valence electrons. The molecule has 2 fully saturated rings. The molecule has 0 bridgehead atoms. The van der Waals surface area contributed by atoms with E-state index >= 15 is 0 Å². The van der Waals surface area contributed by atoms with Crippen molar-refractivity contribution in [1.82, 2.24) is 9.97 Å². The molecule has 2 aliphatic rings. The quantitative estimate of drug-likeness (QED) is 0.792. The van der Waals surface area contributed by atoms with Gasteiger partial charge in [0.05, 0.1) is 15.9 Å². The lowest BCUT2D eigenvalue weighted by atomic mass is 10.2. The Balaban J connectivity index is 2.04. The molecule has 0 atom stereocenters. The lowest BCUT2D eigenvalue weighted by Crippen LogP contribution is -1.96. The van der Waals surface area contributed by atoms with Crippen molar-refractivity contribution in [3.63, 3.8) is 0 Å². The molecule has 0 spiro atoms. The van der Waals surface area contributed by atoms with Gasteiger partial charge in [0, 0.05) is 11.8 Å². The standard InChI is InChI=1S/C10H11BrN2/c11-8-9(6-1-2-6)12-5-13-10(8)7-3-4-7/h5-7H,1-4H2. The molecule has 0 amide bonds. The Morgan fingerprint density at radius 3 is 1.85 bits per heavy atom. The number of nitrogens with zero attached hydrogens (tertiary/aromatic N) is 2. The summed E-state index contributed by atoms with van der Waals surface area (Å²) in [5, 5.41) is 0. The summed E-state index contributed by atoms with van der Waals surface area (Å²) in [5.74, 6) is 1.43. The minimum atomic E-state index is 0.717. The first-order valence-corrected chi connectivity index (χ1v) is 5.66. The van der Waals surface area contributed by atoms with E-state index in [-0.39, 0.29) is 0 Å². The molecule has 2 aliphatic carbocycles. The summed E-state index contributed by atoms with van der Waals surface area (Å²) in [6.07, 6.45) is 6.95. The van der Waals surface area contributed by atoms with Crippen LogP contribution >= 0.6 is 15.9 Å². The third-order valence-corrected chi connectivity index (χ3v) is 3.58. The molecule has 0 N–H and O–H groups in total. The monoisotopic (exact) mass is 238 g/mol. The maximum atomic E-state index is 4.35. The maximum absolute atomic E-state index is 4.35. The number of hydrogen-bond donors (Lipinski definition) is 0. The molecular weight excluding hydrogens is 228 g/mol. The van der Waals surface area contributed by atoms with Crippen LogP contribution in [-0.2, 0) is 0 Å². The van der Waals surface area contributed by atoms with Crippen LogP contribution in [0.25, 0.3) is 0 Å². The van der Waals surface area contributed by atoms with Crippen LogP contribution in [0.4, 0.5) is 0 Å². The normalized spacial score (nSPS) is 21.9. The van der Waals surface area contributed by atoms with E-state index in [1.807, 2.05) is 0 Å². The van der Waals surface area contributed by atoms with Crippen LogP contribution in [-0.4, -0.2) is 9.97 Å². The maximum Gasteiger partial charge on any atom is 0.116 e. The summed E-state index contributed by atoms with van der Waals surface area (Å²) >= 11 is 3.64. The van der Waals surface area contributed by atoms with Crippen molar-refractivity contribution in [3.05, 3.63) is 22.2 Å². The van der Waals surface area contributed by atoms with E-state index in [2.05, 4.69) is 25.9 Å². The van der Waals surface area contributed by atoms with Gasteiger partial charge < -0.3 is 0 Å². The zero-order valence-corrected chi connectivity index (χ0v) is 8.92. The van der Waals surface area contributed by atoms with Gasteiger partial charge in [-0.1, -0.05) is 0 Å². The second-order valence-corrected chi connectivity index (χ2v) is 4.80. The van der Waals surface area contributed by atoms with E-state index in [0.717, 1.165) is 11.8 Å². The molecule has 0 aromatic carbocycles. The molecule has 0 saturated heterocycles. The minimum absolute atomic E-state index is 0.717. The Labute approximate surface area is 85.9 Å². The third kappa shape index (κ3) is 1.39. The van der Waals surface area contributed by atoms with E-state index in [0.29, 0.717) is 0 Å². The van der Waals surface area contributed by atoms with Gasteiger partial charge in [-0.3, -0.25) is 0 Å². The first kappa shape index (κ1) is 7.92. The van der Waals surface area contributed by atoms with Crippen LogP contribution in [0.15, 0.2) is 10.8 Å². The van der Waals surface area contributed by atoms with Gasteiger partial charge >= 0.3 is 0 Å². The van der Waals surface area contributed by atoms with E-state index in [1.165, 1.54) is 41.5 Å². The van der Waals surface area contributed by atoms with Gasteiger partial charge in [-0.15, -0.1) is 0 Å². The zero-order chi connectivity index (χ0) is 8.84. The fourth-order valence-corrected chi connectivity index (χ4v) is 2.53. The van der Waals surface area contributed by atoms with Crippen molar-refractivity contribution in [2.75, 3.05) is 0 Å². The van der Waals surface area contributed by atoms with Crippen molar-refractivity contribution in [3.8, 4) is 0 Å². The van der Waals surface area contributed by atoms with Gasteiger partial charge in [0.15, 0.2) is 0 Å². The summed E-state index contributed by atoms with van der Waals surface area (Å²) < 4.78 is 1.19. The summed E-state index contributed by atoms with van der Waals surface area (Å²) in [6.45, 7) is 0. The number of rotatable bonds is 2. The Kier molecular flexibility index (Phi) is 1.69. The Morgan fingerprint density at radius 1 is 1.00 bits per heavy atom. The summed E-state index contributed by atoms with van der Waals surface area (Å²) in [5.41, 5.74) is 2.49. The van der Waals surface area contributed by atoms with E-state index < -0.39 is 0 Å². The van der Waals surface area contributed by atoms with Crippen molar-refractivity contribution < 1.29 is 0 Å². The fourth-order valence-electron chi connectivity index (χ4n) is 1.68. The highest BCUT2D eigenvalue weighted by Crippen LogP contribution is 2.47. The summed E-state index contributed by atoms with van der Waals surface area (Å²) in [4.78, 5) is 8.71. The second-order valence-electron chi connectivity index (χ2n) is 4.01. The molecule has 0 unspecified atom stereocenters. The highest BCUT2D eigenvalue weighted by atomic mass is 79.9. The molecule has 1 aromatic heterocycles. The summed E-state index contributed by atoms with van der Waals surface area (Å²) in [6, 6.07) is 0. The predicted molar refractivity (Wildman–Crippen MR) is 53.7 cm³/mol. The summed E-state index contributed by atoms with van der Waals surface area (Å²) in [7, 11) is 0. The molecular formula is C10H11BrN2. The van der Waals surface area contributed by atoms with Crippen LogP contribution in [0.2, 0.25) is 0 Å². The largest absolute Gasteiger partial charge is 0.240 e. The minimum Gasteiger partial charge on any atom is -0.240 e. The first-order valence-electron chi connectivity index (χ1n) is 4.86. The lowest BCUT2D eigenvalue weighted by Gasteiger charge is -2.05. The highest BCUT2D eigenvalue weighted by Gasteiger charge is 2.32. The van der Waals surface area contributed by atoms with Crippen molar-refractivity contribution >= 4 is 15.9 Å². The smallest absolute Gasteiger partial charge is 0.116 e. The van der Waals surface area contributed by atoms with Crippen LogP contribution in [0.5, 0.6) is 0 Å². The fraction of sp³-hybridized carbons (Fsp3) is 0.600. The molecule has 2 nitrogen and oxygen atoms in total. The van der Waals surface area contributed by atoms with Gasteiger partial charge in [-0.2, -0.15) is 0 Å². The number of aromatic nitrogens is 2. The molecule has 13 heavy (non-hydrogen) atoms. The van der Waals surface area contributed by atoms with Crippen LogP contribution in [0.1, 0.15) is 48.9 Å². The van der Waals surface area contributed by atoms with Gasteiger partial charge in [-0.05, 0) is 41.6 Å². The number of hydrogen-bond acceptors (Lipinski definition) is 2. The average Bonchev–Trinajstić information content (AvgIpc) is 3.00. The third-order valence-electron chi connectivity index (χ3n) is 2.77.